The minimum atomic E-state index is -0.0424. The highest BCUT2D eigenvalue weighted by molar-refractivity contribution is 5.92. The number of rotatable bonds is 5. The van der Waals surface area contributed by atoms with Gasteiger partial charge in [0.15, 0.2) is 0 Å². The summed E-state index contributed by atoms with van der Waals surface area (Å²) in [5.41, 5.74) is 0.427. The lowest BCUT2D eigenvalue weighted by molar-refractivity contribution is -0.119. The number of pyridine rings is 1. The predicted molar refractivity (Wildman–Crippen MR) is 82.7 cm³/mol. The van der Waals surface area contributed by atoms with Gasteiger partial charge in [-0.05, 0) is 31.2 Å². The molecule has 0 spiro atoms. The van der Waals surface area contributed by atoms with E-state index >= 15 is 0 Å². The molecule has 2 rings (SSSR count). The molecule has 1 fully saturated rings. The van der Waals surface area contributed by atoms with E-state index < -0.39 is 0 Å². The Hall–Kier alpha value is -2.11. The quantitative estimate of drug-likeness (QED) is 0.894. The van der Waals surface area contributed by atoms with Gasteiger partial charge in [-0.15, -0.1) is 0 Å². The maximum absolute atomic E-state index is 12.4. The highest BCUT2D eigenvalue weighted by atomic mass is 16.5. The van der Waals surface area contributed by atoms with E-state index in [4.69, 9.17) is 4.74 Å². The monoisotopic (exact) mass is 305 g/mol. The highest BCUT2D eigenvalue weighted by Gasteiger charge is 2.24. The summed E-state index contributed by atoms with van der Waals surface area (Å²) >= 11 is 0. The molecular weight excluding hydrogens is 282 g/mol. The van der Waals surface area contributed by atoms with E-state index in [0.29, 0.717) is 23.9 Å². The van der Waals surface area contributed by atoms with Crippen LogP contribution in [-0.2, 0) is 4.79 Å². The third-order valence-corrected chi connectivity index (χ3v) is 4.01. The van der Waals surface area contributed by atoms with Crippen molar-refractivity contribution in [3.63, 3.8) is 0 Å². The van der Waals surface area contributed by atoms with Gasteiger partial charge in [0.2, 0.25) is 5.91 Å². The Kier molecular flexibility index (Phi) is 5.75. The van der Waals surface area contributed by atoms with Gasteiger partial charge in [0, 0.05) is 38.8 Å². The van der Waals surface area contributed by atoms with Crippen molar-refractivity contribution in [1.29, 1.82) is 0 Å². The molecule has 0 aliphatic carbocycles. The normalized spacial score (nSPS) is 15.5. The van der Waals surface area contributed by atoms with Crippen LogP contribution in [0.5, 0.6) is 5.75 Å². The number of piperidine rings is 1. The maximum Gasteiger partial charge on any atom is 0.272 e. The molecule has 6 nitrogen and oxygen atoms in total. The summed E-state index contributed by atoms with van der Waals surface area (Å²) in [6.07, 6.45) is 4.50. The van der Waals surface area contributed by atoms with Gasteiger partial charge >= 0.3 is 0 Å². The Balaban J connectivity index is 1.83. The van der Waals surface area contributed by atoms with Gasteiger partial charge in [-0.25, -0.2) is 0 Å². The first-order valence-electron chi connectivity index (χ1n) is 7.64. The standard InChI is InChI=1S/C16H23N3O3/c1-12(20)17-7-3-13-5-9-19(10-6-13)16(21)15-11-14(22-2)4-8-18-15/h4,8,11,13H,3,5-7,9-10H2,1-2H3,(H,17,20). The molecule has 1 aliphatic rings. The number of amides is 2. The first-order valence-corrected chi connectivity index (χ1v) is 7.64. The smallest absolute Gasteiger partial charge is 0.272 e. The molecule has 1 N–H and O–H groups in total. The lowest BCUT2D eigenvalue weighted by Gasteiger charge is -2.31. The average Bonchev–Trinajstić information content (AvgIpc) is 2.54. The second-order valence-corrected chi connectivity index (χ2v) is 5.59. The number of nitrogens with one attached hydrogen (secondary N) is 1. The molecule has 120 valence electrons. The number of carbonyl (C=O) groups is 2. The number of methoxy groups -OCH3 is 1. The fourth-order valence-electron chi connectivity index (χ4n) is 2.69. The van der Waals surface area contributed by atoms with Crippen molar-refractivity contribution in [1.82, 2.24) is 15.2 Å². The van der Waals surface area contributed by atoms with Gasteiger partial charge in [0.1, 0.15) is 11.4 Å². The Morgan fingerprint density at radius 3 is 2.77 bits per heavy atom. The van der Waals surface area contributed by atoms with E-state index in [1.807, 2.05) is 4.90 Å². The summed E-state index contributed by atoms with van der Waals surface area (Å²) in [5, 5.41) is 2.82. The van der Waals surface area contributed by atoms with Gasteiger partial charge in [-0.3, -0.25) is 14.6 Å². The van der Waals surface area contributed by atoms with Crippen molar-refractivity contribution < 1.29 is 14.3 Å². The van der Waals surface area contributed by atoms with E-state index in [0.717, 1.165) is 32.4 Å². The molecule has 0 saturated carbocycles. The Bertz CT molecular complexity index is 525. The second kappa shape index (κ2) is 7.77. The Morgan fingerprint density at radius 1 is 1.41 bits per heavy atom. The molecule has 0 radical (unpaired) electrons. The third-order valence-electron chi connectivity index (χ3n) is 4.01. The number of hydrogen-bond donors (Lipinski definition) is 1. The lowest BCUT2D eigenvalue weighted by atomic mass is 9.93. The van der Waals surface area contributed by atoms with Gasteiger partial charge < -0.3 is 15.0 Å². The summed E-state index contributed by atoms with van der Waals surface area (Å²) in [6.45, 7) is 3.72. The lowest BCUT2D eigenvalue weighted by Crippen LogP contribution is -2.39. The van der Waals surface area contributed by atoms with Crippen LogP contribution in [0.2, 0.25) is 0 Å². The van der Waals surface area contributed by atoms with Crippen molar-refractivity contribution in [3.05, 3.63) is 24.0 Å². The second-order valence-electron chi connectivity index (χ2n) is 5.59. The number of ether oxygens (including phenoxy) is 1. The van der Waals surface area contributed by atoms with Gasteiger partial charge in [0.25, 0.3) is 5.91 Å². The summed E-state index contributed by atoms with van der Waals surface area (Å²) in [4.78, 5) is 29.3. The first-order chi connectivity index (χ1) is 10.6. The molecule has 1 aliphatic heterocycles. The van der Waals surface area contributed by atoms with E-state index in [1.165, 1.54) is 6.92 Å². The van der Waals surface area contributed by atoms with E-state index in [9.17, 15) is 9.59 Å². The van der Waals surface area contributed by atoms with Crippen LogP contribution in [0.3, 0.4) is 0 Å². The van der Waals surface area contributed by atoms with Gasteiger partial charge in [-0.2, -0.15) is 0 Å². The molecular formula is C16H23N3O3. The van der Waals surface area contributed by atoms with Crippen LogP contribution in [0.15, 0.2) is 18.3 Å². The van der Waals surface area contributed by atoms with Gasteiger partial charge in [-0.1, -0.05) is 0 Å². The number of likely N-dealkylation sites (tertiary alicyclic amines) is 1. The third kappa shape index (κ3) is 4.44. The Morgan fingerprint density at radius 2 is 2.14 bits per heavy atom. The van der Waals surface area contributed by atoms with E-state index in [2.05, 4.69) is 10.3 Å². The number of nitrogens with zero attached hydrogens (tertiary/aromatic N) is 2. The van der Waals surface area contributed by atoms with Crippen LogP contribution in [0, 0.1) is 5.92 Å². The Labute approximate surface area is 130 Å². The zero-order chi connectivity index (χ0) is 15.9. The number of aromatic nitrogens is 1. The number of carbonyl (C=O) groups excluding carboxylic acids is 2. The van der Waals surface area contributed by atoms with Crippen LogP contribution in [-0.4, -0.2) is 48.4 Å². The summed E-state index contributed by atoms with van der Waals surface area (Å²) < 4.78 is 5.13. The minimum Gasteiger partial charge on any atom is -0.497 e. The summed E-state index contributed by atoms with van der Waals surface area (Å²) in [5.74, 6) is 1.17. The van der Waals surface area contributed by atoms with Crippen molar-refractivity contribution in [2.75, 3.05) is 26.7 Å². The molecule has 2 heterocycles. The SMILES string of the molecule is COc1ccnc(C(=O)N2CCC(CCNC(C)=O)CC2)c1. The van der Waals surface area contributed by atoms with Crippen molar-refractivity contribution in [2.24, 2.45) is 5.92 Å². The number of hydrogen-bond acceptors (Lipinski definition) is 4. The summed E-state index contributed by atoms with van der Waals surface area (Å²) in [6, 6.07) is 3.40. The maximum atomic E-state index is 12.4. The summed E-state index contributed by atoms with van der Waals surface area (Å²) in [7, 11) is 1.57. The minimum absolute atomic E-state index is 0.0108. The molecule has 0 aromatic carbocycles. The fraction of sp³-hybridized carbons (Fsp3) is 0.562. The molecule has 1 aromatic rings. The highest BCUT2D eigenvalue weighted by Crippen LogP contribution is 2.21. The first kappa shape index (κ1) is 16.3. The largest absolute Gasteiger partial charge is 0.497 e. The molecule has 0 atom stereocenters. The molecule has 0 bridgehead atoms. The molecule has 22 heavy (non-hydrogen) atoms. The molecule has 0 unspecified atom stereocenters. The van der Waals surface area contributed by atoms with Crippen LogP contribution in [0.4, 0.5) is 0 Å². The van der Waals surface area contributed by atoms with Crippen LogP contribution in [0.25, 0.3) is 0 Å². The van der Waals surface area contributed by atoms with Crippen LogP contribution < -0.4 is 10.1 Å². The van der Waals surface area contributed by atoms with Crippen molar-refractivity contribution in [2.45, 2.75) is 26.2 Å². The van der Waals surface area contributed by atoms with Crippen LogP contribution in [0.1, 0.15) is 36.7 Å². The predicted octanol–water partition coefficient (Wildman–Crippen LogP) is 1.47. The molecule has 1 saturated heterocycles. The molecule has 1 aromatic heterocycles. The van der Waals surface area contributed by atoms with E-state index in [1.54, 1.807) is 25.4 Å². The average molecular weight is 305 g/mol. The zero-order valence-corrected chi connectivity index (χ0v) is 13.2. The fourth-order valence-corrected chi connectivity index (χ4v) is 2.69. The molecule has 2 amide bonds. The van der Waals surface area contributed by atoms with E-state index in [-0.39, 0.29) is 11.8 Å². The molecule has 6 heteroatoms. The topological polar surface area (TPSA) is 71.5 Å². The van der Waals surface area contributed by atoms with Crippen LogP contribution >= 0.6 is 0 Å². The zero-order valence-electron chi connectivity index (χ0n) is 13.2. The van der Waals surface area contributed by atoms with Crippen molar-refractivity contribution >= 4 is 11.8 Å². The van der Waals surface area contributed by atoms with Crippen molar-refractivity contribution in [3.8, 4) is 5.75 Å². The van der Waals surface area contributed by atoms with Gasteiger partial charge in [0.05, 0.1) is 7.11 Å².